The highest BCUT2D eigenvalue weighted by molar-refractivity contribution is 6.12. The number of hydrogen-bond donors (Lipinski definition) is 3. The van der Waals surface area contributed by atoms with Gasteiger partial charge in [-0.15, -0.1) is 0 Å². The van der Waals surface area contributed by atoms with Gasteiger partial charge in [0.2, 0.25) is 0 Å². The first kappa shape index (κ1) is 45.8. The Hall–Kier alpha value is -8.32. The van der Waals surface area contributed by atoms with Gasteiger partial charge in [0.1, 0.15) is 42.1 Å². The summed E-state index contributed by atoms with van der Waals surface area (Å²) in [6.07, 6.45) is -4.68. The first-order valence-electron chi connectivity index (χ1n) is 18.1. The molecule has 6 aromatic rings. The number of halogens is 6. The van der Waals surface area contributed by atoms with Crippen LogP contribution in [0, 0.1) is 22.7 Å². The Morgan fingerprint density at radius 2 is 1.19 bits per heavy atom. The van der Waals surface area contributed by atoms with E-state index in [1.807, 2.05) is 23.5 Å². The van der Waals surface area contributed by atoms with Gasteiger partial charge in [0, 0.05) is 69.8 Å². The molecule has 0 radical (unpaired) electrons. The average Bonchev–Trinajstić information content (AvgIpc) is 3.76. The number of hydrogen-bond acceptors (Lipinski definition) is 7. The quantitative estimate of drug-likeness (QED) is 0.0650. The summed E-state index contributed by atoms with van der Waals surface area (Å²) in [6.45, 7) is -0.638. The Morgan fingerprint density at radius 3 is 1.63 bits per heavy atom. The maximum atomic E-state index is 13.0. The standard InChI is InChI=1S/C22H13F6N3O3.C22H19N3O4/c23-21(24,25)14-6-15(22(26,27)28)8-16(7-14)30-20(34)12(9-29)5-13-10-31(11-19(32)33)18-4-2-1-3-17(13)18;1-24(17-6-5-7-18(11-17)29-2)22(28)15(12-23)10-16-13-25(14-21(26)27)20-9-4-3-8-19(16)20/h1-8,10H,11H2,(H,30,34)(H,32,33);3-11,13H,14H2,1-2H3,(H,26,27). The number of para-hydroxylation sites is 2. The number of nitriles is 2. The lowest BCUT2D eigenvalue weighted by Crippen LogP contribution is -2.27. The first-order chi connectivity index (χ1) is 29.7. The Morgan fingerprint density at radius 1 is 0.714 bits per heavy atom. The number of aromatic nitrogens is 2. The number of ether oxygens (including phenoxy) is 1. The van der Waals surface area contributed by atoms with E-state index in [2.05, 4.69) is 0 Å². The van der Waals surface area contributed by atoms with Crippen LogP contribution in [0.25, 0.3) is 34.0 Å². The molecule has 2 heterocycles. The summed E-state index contributed by atoms with van der Waals surface area (Å²) in [7, 11) is 3.12. The molecule has 322 valence electrons. The number of nitrogens with one attached hydrogen (secondary N) is 1. The minimum absolute atomic E-state index is 0.0615. The number of methoxy groups -OCH3 is 1. The molecule has 0 saturated carbocycles. The number of rotatable bonds is 11. The van der Waals surface area contributed by atoms with E-state index in [1.165, 1.54) is 28.8 Å². The molecule has 0 saturated heterocycles. The van der Waals surface area contributed by atoms with Crippen LogP contribution in [0.1, 0.15) is 22.3 Å². The summed E-state index contributed by atoms with van der Waals surface area (Å²) >= 11 is 0. The number of likely N-dealkylation sites (N-methyl/N-ethyl adjacent to an activating group) is 1. The van der Waals surface area contributed by atoms with Crippen molar-refractivity contribution in [2.75, 3.05) is 24.4 Å². The van der Waals surface area contributed by atoms with Gasteiger partial charge in [-0.05, 0) is 54.6 Å². The van der Waals surface area contributed by atoms with E-state index in [-0.39, 0.29) is 23.7 Å². The van der Waals surface area contributed by atoms with Gasteiger partial charge in [0.15, 0.2) is 0 Å². The maximum absolute atomic E-state index is 13.0. The van der Waals surface area contributed by atoms with Crippen LogP contribution < -0.4 is 15.0 Å². The van der Waals surface area contributed by atoms with Gasteiger partial charge in [0.05, 0.1) is 18.2 Å². The SMILES string of the molecule is COc1cccc(N(C)C(=O)C(C#N)=Cc2cn(CC(=O)O)c3ccccc23)c1.N#CC(=Cc1cn(CC(=O)O)c2ccccc12)C(=O)Nc1cc(C(F)(F)F)cc(C(F)(F)F)c1. The highest BCUT2D eigenvalue weighted by Crippen LogP contribution is 2.38. The Bertz CT molecular complexity index is 2860. The van der Waals surface area contributed by atoms with Crippen LogP contribution in [0.4, 0.5) is 37.7 Å². The number of carbonyl (C=O) groups excluding carboxylic acids is 2. The zero-order valence-corrected chi connectivity index (χ0v) is 32.8. The molecule has 4 aromatic carbocycles. The number of aliphatic carboxylic acids is 2. The van der Waals surface area contributed by atoms with E-state index in [1.54, 1.807) is 84.5 Å². The van der Waals surface area contributed by atoms with Gasteiger partial charge in [-0.25, -0.2) is 0 Å². The van der Waals surface area contributed by atoms with Gasteiger partial charge in [-0.2, -0.15) is 36.9 Å². The highest BCUT2D eigenvalue weighted by atomic mass is 19.4. The van der Waals surface area contributed by atoms with E-state index in [0.29, 0.717) is 45.6 Å². The van der Waals surface area contributed by atoms with E-state index in [4.69, 9.17) is 14.9 Å². The molecule has 0 aliphatic heterocycles. The molecule has 63 heavy (non-hydrogen) atoms. The van der Waals surface area contributed by atoms with Crippen molar-refractivity contribution in [2.24, 2.45) is 0 Å². The molecular formula is C44H32F6N6O7. The molecule has 0 aliphatic rings. The fourth-order valence-corrected chi connectivity index (χ4v) is 6.28. The Labute approximate surface area is 353 Å². The lowest BCUT2D eigenvalue weighted by atomic mass is 10.1. The van der Waals surface area contributed by atoms with Crippen LogP contribution in [0.15, 0.2) is 115 Å². The second-order valence-electron chi connectivity index (χ2n) is 13.4. The lowest BCUT2D eigenvalue weighted by Gasteiger charge is -2.17. The summed E-state index contributed by atoms with van der Waals surface area (Å²) < 4.78 is 86.3. The highest BCUT2D eigenvalue weighted by Gasteiger charge is 2.37. The van der Waals surface area contributed by atoms with Gasteiger partial charge in [-0.1, -0.05) is 42.5 Å². The van der Waals surface area contributed by atoms with Crippen molar-refractivity contribution in [2.45, 2.75) is 25.4 Å². The van der Waals surface area contributed by atoms with Gasteiger partial charge in [-0.3, -0.25) is 19.2 Å². The van der Waals surface area contributed by atoms with Crippen molar-refractivity contribution in [1.82, 2.24) is 9.13 Å². The molecule has 0 spiro atoms. The van der Waals surface area contributed by atoms with Crippen LogP contribution in [-0.2, 0) is 44.6 Å². The van der Waals surface area contributed by atoms with Crippen molar-refractivity contribution in [3.05, 3.63) is 137 Å². The molecule has 19 heteroatoms. The van der Waals surface area contributed by atoms with Crippen LogP contribution in [0.5, 0.6) is 5.75 Å². The predicted octanol–water partition coefficient (Wildman–Crippen LogP) is 8.61. The third-order valence-corrected chi connectivity index (χ3v) is 9.16. The zero-order chi connectivity index (χ0) is 46.2. The summed E-state index contributed by atoms with van der Waals surface area (Å²) in [5.74, 6) is -3.25. The first-order valence-corrected chi connectivity index (χ1v) is 18.1. The third-order valence-electron chi connectivity index (χ3n) is 9.16. The Balaban J connectivity index is 0.000000240. The second-order valence-corrected chi connectivity index (χ2v) is 13.4. The van der Waals surface area contributed by atoms with Crippen LogP contribution in [0.2, 0.25) is 0 Å². The zero-order valence-electron chi connectivity index (χ0n) is 32.8. The van der Waals surface area contributed by atoms with E-state index in [9.17, 15) is 56.0 Å². The summed E-state index contributed by atoms with van der Waals surface area (Å²) in [6, 6.07) is 24.7. The van der Waals surface area contributed by atoms with Crippen LogP contribution >= 0.6 is 0 Å². The third kappa shape index (κ3) is 11.1. The Kier molecular flexibility index (Phi) is 13.8. The molecule has 0 bridgehead atoms. The fraction of sp³-hybridized carbons (Fsp3) is 0.136. The van der Waals surface area contributed by atoms with E-state index < -0.39 is 65.0 Å². The van der Waals surface area contributed by atoms with E-state index in [0.717, 1.165) is 11.5 Å². The summed E-state index contributed by atoms with van der Waals surface area (Å²) in [5, 5.41) is 40.3. The fourth-order valence-electron chi connectivity index (χ4n) is 6.28. The number of nitrogens with zero attached hydrogens (tertiary/aromatic N) is 5. The number of carbonyl (C=O) groups is 4. The average molecular weight is 871 g/mol. The molecule has 2 aromatic heterocycles. The van der Waals surface area contributed by atoms with Crippen molar-refractivity contribution in [1.29, 1.82) is 10.5 Å². The molecular weight excluding hydrogens is 839 g/mol. The van der Waals surface area contributed by atoms with Gasteiger partial charge >= 0.3 is 24.3 Å². The van der Waals surface area contributed by atoms with Crippen molar-refractivity contribution in [3.8, 4) is 17.9 Å². The number of anilines is 2. The molecule has 0 aliphatic carbocycles. The van der Waals surface area contributed by atoms with Crippen LogP contribution in [0.3, 0.4) is 0 Å². The van der Waals surface area contributed by atoms with Crippen molar-refractivity contribution < 1.29 is 60.5 Å². The molecule has 0 fully saturated rings. The summed E-state index contributed by atoms with van der Waals surface area (Å²) in [4.78, 5) is 49.0. The lowest BCUT2D eigenvalue weighted by molar-refractivity contribution is -0.143. The monoisotopic (exact) mass is 870 g/mol. The van der Waals surface area contributed by atoms with Crippen molar-refractivity contribution in [3.63, 3.8) is 0 Å². The molecule has 13 nitrogen and oxygen atoms in total. The van der Waals surface area contributed by atoms with E-state index >= 15 is 0 Å². The molecule has 3 N–H and O–H groups in total. The minimum atomic E-state index is -5.11. The summed E-state index contributed by atoms with van der Waals surface area (Å²) in [5.41, 5.74) is -2.11. The van der Waals surface area contributed by atoms with Crippen molar-refractivity contribution >= 4 is 69.1 Å². The second kappa shape index (κ2) is 18.9. The molecule has 2 amide bonds. The molecule has 0 atom stereocenters. The number of benzene rings is 4. The van der Waals surface area contributed by atoms with Gasteiger partial charge in [0.25, 0.3) is 11.8 Å². The molecule has 0 unspecified atom stereocenters. The normalized spacial score (nSPS) is 11.8. The van der Waals surface area contributed by atoms with Gasteiger partial charge < -0.3 is 34.3 Å². The number of fused-ring (bicyclic) bond motifs is 2. The largest absolute Gasteiger partial charge is 0.497 e. The number of carboxylic acid groups (broad SMARTS) is 2. The minimum Gasteiger partial charge on any atom is -0.497 e. The maximum Gasteiger partial charge on any atom is 0.416 e. The molecule has 6 rings (SSSR count). The number of alkyl halides is 6. The number of amides is 2. The smallest absolute Gasteiger partial charge is 0.416 e. The number of carboxylic acids is 2. The predicted molar refractivity (Wildman–Crippen MR) is 218 cm³/mol. The topological polar surface area (TPSA) is 191 Å². The van der Waals surface area contributed by atoms with Crippen LogP contribution in [-0.4, -0.2) is 57.3 Å².